The quantitative estimate of drug-likeness (QED) is 0.553. The van der Waals surface area contributed by atoms with Crippen LogP contribution in [0.1, 0.15) is 93.7 Å². The number of nitrogens with zero attached hydrogens (tertiary/aromatic N) is 1. The van der Waals surface area contributed by atoms with Gasteiger partial charge in [-0.05, 0) is 42.7 Å². The van der Waals surface area contributed by atoms with E-state index in [4.69, 9.17) is 0 Å². The predicted molar refractivity (Wildman–Crippen MR) is 89.4 cm³/mol. The Hall–Kier alpha value is -1.29. The Morgan fingerprint density at radius 3 is 2.52 bits per heavy atom. The van der Waals surface area contributed by atoms with E-state index in [1.54, 1.807) is 0 Å². The molecule has 21 heavy (non-hydrogen) atoms. The van der Waals surface area contributed by atoms with E-state index in [2.05, 4.69) is 31.2 Å². The van der Waals surface area contributed by atoms with Crippen LogP contribution in [0, 0.1) is 11.3 Å². The molecule has 0 aliphatic heterocycles. The van der Waals surface area contributed by atoms with Crippen LogP contribution in [0.15, 0.2) is 18.2 Å². The van der Waals surface area contributed by atoms with E-state index < -0.39 is 0 Å². The zero-order chi connectivity index (χ0) is 14.9. The Labute approximate surface area is 130 Å². The summed E-state index contributed by atoms with van der Waals surface area (Å²) in [4.78, 5) is 0. The fraction of sp³-hybridized carbons (Fsp3) is 0.650. The summed E-state index contributed by atoms with van der Waals surface area (Å²) in [6.07, 6.45) is 14.1. The molecular formula is C20H29N. The van der Waals surface area contributed by atoms with Crippen LogP contribution in [-0.2, 0) is 6.42 Å². The Morgan fingerprint density at radius 2 is 1.81 bits per heavy atom. The summed E-state index contributed by atoms with van der Waals surface area (Å²) in [7, 11) is 0. The fourth-order valence-corrected chi connectivity index (χ4v) is 3.64. The molecule has 1 aliphatic carbocycles. The molecule has 0 unspecified atom stereocenters. The lowest BCUT2D eigenvalue weighted by molar-refractivity contribution is 0.443. The van der Waals surface area contributed by atoms with Gasteiger partial charge in [-0.25, -0.2) is 0 Å². The van der Waals surface area contributed by atoms with Gasteiger partial charge in [0.2, 0.25) is 0 Å². The van der Waals surface area contributed by atoms with E-state index in [9.17, 15) is 5.26 Å². The highest BCUT2D eigenvalue weighted by Gasteiger charge is 2.19. The Kier molecular flexibility index (Phi) is 6.80. The van der Waals surface area contributed by atoms with Crippen molar-refractivity contribution in [3.63, 3.8) is 0 Å². The molecule has 1 heteroatoms. The number of aryl methyl sites for hydroxylation is 1. The molecule has 0 bridgehead atoms. The number of nitriles is 1. The van der Waals surface area contributed by atoms with Gasteiger partial charge in [-0.3, -0.25) is 0 Å². The van der Waals surface area contributed by atoms with Crippen LogP contribution in [0.2, 0.25) is 0 Å². The highest BCUT2D eigenvalue weighted by atomic mass is 14.3. The first-order chi connectivity index (χ1) is 10.4. The lowest BCUT2D eigenvalue weighted by Gasteiger charge is -2.23. The molecule has 0 aromatic heterocycles. The molecule has 1 aromatic rings. The molecule has 114 valence electrons. The van der Waals surface area contributed by atoms with Gasteiger partial charge in [0.1, 0.15) is 0 Å². The minimum atomic E-state index is 0.633. The zero-order valence-electron chi connectivity index (χ0n) is 13.5. The molecule has 0 atom stereocenters. The van der Waals surface area contributed by atoms with Crippen LogP contribution < -0.4 is 0 Å². The van der Waals surface area contributed by atoms with Gasteiger partial charge in [0, 0.05) is 0 Å². The lowest BCUT2D eigenvalue weighted by Crippen LogP contribution is -2.08. The van der Waals surface area contributed by atoms with Gasteiger partial charge in [0.05, 0.1) is 11.6 Å². The minimum absolute atomic E-state index is 0.633. The third-order valence-corrected chi connectivity index (χ3v) is 4.89. The van der Waals surface area contributed by atoms with E-state index in [1.807, 2.05) is 0 Å². The van der Waals surface area contributed by atoms with Gasteiger partial charge in [-0.15, -0.1) is 0 Å². The predicted octanol–water partition coefficient (Wildman–Crippen LogP) is 6.12. The van der Waals surface area contributed by atoms with Crippen molar-refractivity contribution in [2.24, 2.45) is 0 Å². The van der Waals surface area contributed by atoms with Crippen molar-refractivity contribution in [3.05, 3.63) is 34.9 Å². The summed E-state index contributed by atoms with van der Waals surface area (Å²) < 4.78 is 0. The fourth-order valence-electron chi connectivity index (χ4n) is 3.64. The monoisotopic (exact) mass is 283 g/mol. The van der Waals surface area contributed by atoms with Gasteiger partial charge < -0.3 is 0 Å². The van der Waals surface area contributed by atoms with Crippen LogP contribution in [0.4, 0.5) is 0 Å². The van der Waals surface area contributed by atoms with Crippen LogP contribution in [-0.4, -0.2) is 0 Å². The number of benzene rings is 1. The summed E-state index contributed by atoms with van der Waals surface area (Å²) in [5, 5.41) is 9.62. The van der Waals surface area contributed by atoms with E-state index >= 15 is 0 Å². The Bertz CT molecular complexity index is 463. The molecule has 0 spiro atoms. The zero-order valence-corrected chi connectivity index (χ0v) is 13.5. The molecule has 1 nitrogen and oxygen atoms in total. The second-order valence-corrected chi connectivity index (χ2v) is 6.49. The topological polar surface area (TPSA) is 23.8 Å². The molecule has 1 fully saturated rings. The number of hydrogen-bond donors (Lipinski definition) is 0. The molecule has 1 saturated carbocycles. The molecule has 0 heterocycles. The molecule has 0 N–H and O–H groups in total. The smallest absolute Gasteiger partial charge is 0.0997 e. The van der Waals surface area contributed by atoms with Crippen molar-refractivity contribution in [1.82, 2.24) is 0 Å². The summed E-state index contributed by atoms with van der Waals surface area (Å²) in [5.41, 5.74) is 3.63. The first kappa shape index (κ1) is 16.1. The maximum atomic E-state index is 9.62. The molecule has 0 saturated heterocycles. The summed E-state index contributed by atoms with van der Waals surface area (Å²) in [5.74, 6) is 0.633. The second kappa shape index (κ2) is 8.88. The normalized spacial score (nSPS) is 15.8. The van der Waals surface area contributed by atoms with Crippen molar-refractivity contribution in [2.75, 3.05) is 0 Å². The molecule has 1 aliphatic rings. The Morgan fingerprint density at radius 1 is 1.05 bits per heavy atom. The average Bonchev–Trinajstić information content (AvgIpc) is 2.55. The van der Waals surface area contributed by atoms with Gasteiger partial charge in [0.25, 0.3) is 0 Å². The van der Waals surface area contributed by atoms with Gasteiger partial charge in [-0.2, -0.15) is 5.26 Å². The first-order valence-corrected chi connectivity index (χ1v) is 8.88. The standard InChI is InChI=1S/C20H29N/c1-2-3-4-5-7-13-18-14-10-15-19(20(18)16-21)17-11-8-6-9-12-17/h10,14-15,17H,2-9,11-13H2,1H3. The minimum Gasteiger partial charge on any atom is -0.192 e. The van der Waals surface area contributed by atoms with E-state index in [0.717, 1.165) is 12.0 Å². The summed E-state index contributed by atoms with van der Waals surface area (Å²) >= 11 is 0. The maximum absolute atomic E-state index is 9.62. The van der Waals surface area contributed by atoms with Crippen LogP contribution in [0.5, 0.6) is 0 Å². The molecule has 0 amide bonds. The molecule has 1 aromatic carbocycles. The van der Waals surface area contributed by atoms with E-state index in [-0.39, 0.29) is 0 Å². The van der Waals surface area contributed by atoms with Crippen molar-refractivity contribution >= 4 is 0 Å². The van der Waals surface area contributed by atoms with Crippen LogP contribution in [0.3, 0.4) is 0 Å². The van der Waals surface area contributed by atoms with Crippen molar-refractivity contribution in [3.8, 4) is 6.07 Å². The second-order valence-electron chi connectivity index (χ2n) is 6.49. The number of rotatable bonds is 7. The maximum Gasteiger partial charge on any atom is 0.0997 e. The van der Waals surface area contributed by atoms with E-state index in [1.165, 1.54) is 75.3 Å². The van der Waals surface area contributed by atoms with Crippen LogP contribution >= 0.6 is 0 Å². The summed E-state index contributed by atoms with van der Waals surface area (Å²) in [6.45, 7) is 2.25. The van der Waals surface area contributed by atoms with Crippen LogP contribution in [0.25, 0.3) is 0 Å². The Balaban J connectivity index is 2.02. The molecule has 2 rings (SSSR count). The molecule has 0 radical (unpaired) electrons. The molecular weight excluding hydrogens is 254 g/mol. The lowest BCUT2D eigenvalue weighted by atomic mass is 9.81. The first-order valence-electron chi connectivity index (χ1n) is 8.88. The largest absolute Gasteiger partial charge is 0.192 e. The van der Waals surface area contributed by atoms with Crippen molar-refractivity contribution < 1.29 is 0 Å². The van der Waals surface area contributed by atoms with Gasteiger partial charge in [0.15, 0.2) is 0 Å². The highest BCUT2D eigenvalue weighted by Crippen LogP contribution is 2.35. The van der Waals surface area contributed by atoms with Crippen molar-refractivity contribution in [2.45, 2.75) is 83.5 Å². The highest BCUT2D eigenvalue weighted by molar-refractivity contribution is 5.46. The third-order valence-electron chi connectivity index (χ3n) is 4.89. The number of unbranched alkanes of at least 4 members (excludes halogenated alkanes) is 4. The third kappa shape index (κ3) is 4.60. The van der Waals surface area contributed by atoms with Gasteiger partial charge in [-0.1, -0.05) is 70.1 Å². The van der Waals surface area contributed by atoms with E-state index in [0.29, 0.717) is 5.92 Å². The summed E-state index contributed by atoms with van der Waals surface area (Å²) in [6, 6.07) is 9.06. The van der Waals surface area contributed by atoms with Gasteiger partial charge >= 0.3 is 0 Å². The number of hydrogen-bond acceptors (Lipinski definition) is 1. The SMILES string of the molecule is CCCCCCCc1cccc(C2CCCCC2)c1C#N. The average molecular weight is 283 g/mol. The van der Waals surface area contributed by atoms with Crippen molar-refractivity contribution in [1.29, 1.82) is 5.26 Å².